The molecule has 0 radical (unpaired) electrons. The molecule has 0 aromatic heterocycles. The third-order valence-electron chi connectivity index (χ3n) is 3.37. The SMILES string of the molecule is CCN(CC)C(=O)CCN1C(=O)CN(C(C)C)C1=O. The van der Waals surface area contributed by atoms with Gasteiger partial charge in [-0.05, 0) is 27.7 Å². The first-order chi connectivity index (χ1) is 8.92. The zero-order valence-electron chi connectivity index (χ0n) is 12.2. The lowest BCUT2D eigenvalue weighted by atomic mass is 10.3. The molecule has 0 spiro atoms. The molecule has 0 aromatic carbocycles. The fourth-order valence-electron chi connectivity index (χ4n) is 2.13. The van der Waals surface area contributed by atoms with Gasteiger partial charge >= 0.3 is 6.03 Å². The second-order valence-electron chi connectivity index (χ2n) is 4.87. The van der Waals surface area contributed by atoms with Gasteiger partial charge in [-0.1, -0.05) is 0 Å². The lowest BCUT2D eigenvalue weighted by Crippen LogP contribution is -2.39. The van der Waals surface area contributed by atoms with Crippen molar-refractivity contribution in [1.82, 2.24) is 14.7 Å². The molecular weight excluding hydrogens is 246 g/mol. The summed E-state index contributed by atoms with van der Waals surface area (Å²) in [5, 5.41) is 0. The number of rotatable bonds is 6. The predicted molar refractivity (Wildman–Crippen MR) is 71.5 cm³/mol. The van der Waals surface area contributed by atoms with E-state index in [1.165, 1.54) is 9.80 Å². The van der Waals surface area contributed by atoms with Crippen LogP contribution in [0.4, 0.5) is 4.79 Å². The number of carbonyl (C=O) groups is 3. The fraction of sp³-hybridized carbons (Fsp3) is 0.769. The van der Waals surface area contributed by atoms with Gasteiger partial charge in [0, 0.05) is 32.1 Å². The van der Waals surface area contributed by atoms with E-state index >= 15 is 0 Å². The summed E-state index contributed by atoms with van der Waals surface area (Å²) in [7, 11) is 0. The summed E-state index contributed by atoms with van der Waals surface area (Å²) in [5.74, 6) is -0.236. The van der Waals surface area contributed by atoms with Gasteiger partial charge in [-0.3, -0.25) is 14.5 Å². The van der Waals surface area contributed by atoms with Crippen molar-refractivity contribution in [2.45, 2.75) is 40.2 Å². The number of imide groups is 1. The van der Waals surface area contributed by atoms with Crippen LogP contribution in [-0.2, 0) is 9.59 Å². The van der Waals surface area contributed by atoms with Gasteiger partial charge in [0.2, 0.25) is 11.8 Å². The summed E-state index contributed by atoms with van der Waals surface area (Å²) in [6, 6.07) is -0.285. The minimum atomic E-state index is -0.285. The Balaban J connectivity index is 2.56. The van der Waals surface area contributed by atoms with Gasteiger partial charge < -0.3 is 9.80 Å². The molecule has 1 aliphatic heterocycles. The van der Waals surface area contributed by atoms with Crippen molar-refractivity contribution in [3.8, 4) is 0 Å². The molecule has 0 N–H and O–H groups in total. The number of hydrogen-bond acceptors (Lipinski definition) is 3. The largest absolute Gasteiger partial charge is 0.343 e. The maximum Gasteiger partial charge on any atom is 0.327 e. The van der Waals surface area contributed by atoms with Crippen molar-refractivity contribution in [2.75, 3.05) is 26.2 Å². The molecule has 0 aromatic rings. The summed E-state index contributed by atoms with van der Waals surface area (Å²) in [5.41, 5.74) is 0. The fourth-order valence-corrected chi connectivity index (χ4v) is 2.13. The molecule has 1 aliphatic rings. The highest BCUT2D eigenvalue weighted by molar-refractivity contribution is 6.02. The minimum Gasteiger partial charge on any atom is -0.343 e. The molecule has 0 aliphatic carbocycles. The van der Waals surface area contributed by atoms with E-state index in [4.69, 9.17) is 0 Å². The highest BCUT2D eigenvalue weighted by atomic mass is 16.2. The quantitative estimate of drug-likeness (QED) is 0.674. The molecule has 19 heavy (non-hydrogen) atoms. The van der Waals surface area contributed by atoms with Crippen LogP contribution < -0.4 is 0 Å². The topological polar surface area (TPSA) is 60.9 Å². The summed E-state index contributed by atoms with van der Waals surface area (Å²) < 4.78 is 0. The van der Waals surface area contributed by atoms with E-state index < -0.39 is 0 Å². The van der Waals surface area contributed by atoms with E-state index in [0.717, 1.165) is 0 Å². The average molecular weight is 269 g/mol. The normalized spacial score (nSPS) is 15.6. The first kappa shape index (κ1) is 15.5. The van der Waals surface area contributed by atoms with E-state index in [2.05, 4.69) is 0 Å². The molecule has 0 bridgehead atoms. The third-order valence-corrected chi connectivity index (χ3v) is 3.37. The molecular formula is C13H23N3O3. The molecule has 6 heteroatoms. The number of carbonyl (C=O) groups excluding carboxylic acids is 3. The van der Waals surface area contributed by atoms with Gasteiger partial charge in [0.1, 0.15) is 6.54 Å². The molecule has 0 unspecified atom stereocenters. The summed E-state index contributed by atoms with van der Waals surface area (Å²) >= 11 is 0. The Morgan fingerprint density at radius 3 is 2.26 bits per heavy atom. The lowest BCUT2D eigenvalue weighted by Gasteiger charge is -2.22. The first-order valence-corrected chi connectivity index (χ1v) is 6.81. The van der Waals surface area contributed by atoms with Crippen molar-refractivity contribution in [1.29, 1.82) is 0 Å². The van der Waals surface area contributed by atoms with Gasteiger partial charge in [-0.25, -0.2) is 4.79 Å². The van der Waals surface area contributed by atoms with Crippen molar-refractivity contribution in [3.05, 3.63) is 0 Å². The van der Waals surface area contributed by atoms with Crippen LogP contribution in [0.5, 0.6) is 0 Å². The van der Waals surface area contributed by atoms with Gasteiger partial charge in [-0.2, -0.15) is 0 Å². The standard InChI is InChI=1S/C13H23N3O3/c1-5-14(6-2)11(17)7-8-15-12(18)9-16(10(3)4)13(15)19/h10H,5-9H2,1-4H3. The monoisotopic (exact) mass is 269 g/mol. The van der Waals surface area contributed by atoms with Crippen LogP contribution in [0, 0.1) is 0 Å². The van der Waals surface area contributed by atoms with E-state index in [-0.39, 0.29) is 43.4 Å². The first-order valence-electron chi connectivity index (χ1n) is 6.81. The number of urea groups is 1. The number of nitrogens with zero attached hydrogens (tertiary/aromatic N) is 3. The smallest absolute Gasteiger partial charge is 0.327 e. The van der Waals surface area contributed by atoms with Crippen molar-refractivity contribution >= 4 is 17.8 Å². The highest BCUT2D eigenvalue weighted by Gasteiger charge is 2.37. The molecule has 4 amide bonds. The van der Waals surface area contributed by atoms with Crippen LogP contribution in [0.3, 0.4) is 0 Å². The zero-order chi connectivity index (χ0) is 14.6. The molecule has 0 saturated carbocycles. The molecule has 1 rings (SSSR count). The van der Waals surface area contributed by atoms with Crippen LogP contribution in [0.1, 0.15) is 34.1 Å². The number of hydrogen-bond donors (Lipinski definition) is 0. The highest BCUT2D eigenvalue weighted by Crippen LogP contribution is 2.14. The summed E-state index contributed by atoms with van der Waals surface area (Å²) in [6.07, 6.45) is 0.199. The number of amides is 4. The Morgan fingerprint density at radius 1 is 1.26 bits per heavy atom. The van der Waals surface area contributed by atoms with E-state index in [1.807, 2.05) is 27.7 Å². The summed E-state index contributed by atoms with van der Waals surface area (Å²) in [4.78, 5) is 40.0. The Morgan fingerprint density at radius 2 is 1.84 bits per heavy atom. The van der Waals surface area contributed by atoms with Gasteiger partial charge in [0.05, 0.1) is 0 Å². The molecule has 0 atom stereocenters. The van der Waals surface area contributed by atoms with Crippen LogP contribution in [0.2, 0.25) is 0 Å². The second kappa shape index (κ2) is 6.54. The van der Waals surface area contributed by atoms with Gasteiger partial charge in [-0.15, -0.1) is 0 Å². The van der Waals surface area contributed by atoms with Crippen LogP contribution in [0.15, 0.2) is 0 Å². The predicted octanol–water partition coefficient (Wildman–Crippen LogP) is 0.917. The second-order valence-corrected chi connectivity index (χ2v) is 4.87. The maximum absolute atomic E-state index is 12.0. The summed E-state index contributed by atoms with van der Waals surface area (Å²) in [6.45, 7) is 9.16. The Labute approximate surface area is 114 Å². The Hall–Kier alpha value is -1.59. The molecule has 1 saturated heterocycles. The molecule has 1 fully saturated rings. The van der Waals surface area contributed by atoms with Crippen LogP contribution in [0.25, 0.3) is 0 Å². The molecule has 1 heterocycles. The van der Waals surface area contributed by atoms with Crippen molar-refractivity contribution in [2.24, 2.45) is 0 Å². The van der Waals surface area contributed by atoms with E-state index in [0.29, 0.717) is 13.1 Å². The molecule has 108 valence electrons. The van der Waals surface area contributed by atoms with Crippen molar-refractivity contribution < 1.29 is 14.4 Å². The van der Waals surface area contributed by atoms with E-state index in [1.54, 1.807) is 4.90 Å². The molecule has 6 nitrogen and oxygen atoms in total. The van der Waals surface area contributed by atoms with Gasteiger partial charge in [0.25, 0.3) is 0 Å². The minimum absolute atomic E-state index is 0.0000615. The zero-order valence-corrected chi connectivity index (χ0v) is 12.2. The van der Waals surface area contributed by atoms with Crippen molar-refractivity contribution in [3.63, 3.8) is 0 Å². The van der Waals surface area contributed by atoms with Crippen LogP contribution in [-0.4, -0.2) is 64.8 Å². The Bertz CT molecular complexity index is 364. The van der Waals surface area contributed by atoms with Gasteiger partial charge in [0.15, 0.2) is 0 Å². The van der Waals surface area contributed by atoms with E-state index in [9.17, 15) is 14.4 Å². The lowest BCUT2D eigenvalue weighted by molar-refractivity contribution is -0.131. The average Bonchev–Trinajstić information content (AvgIpc) is 2.64. The Kier molecular flexibility index (Phi) is 5.32. The third kappa shape index (κ3) is 3.45. The van der Waals surface area contributed by atoms with Crippen LogP contribution >= 0.6 is 0 Å². The maximum atomic E-state index is 12.0.